The number of hydrogen-bond acceptors (Lipinski definition) is 7. The maximum Gasteiger partial charge on any atom is 0.244 e. The van der Waals surface area contributed by atoms with Crippen LogP contribution in [0.4, 0.5) is 5.82 Å². The molecule has 3 aliphatic rings. The second kappa shape index (κ2) is 7.81. The Labute approximate surface area is 175 Å². The molecule has 2 saturated heterocycles. The minimum absolute atomic E-state index is 0.115. The summed E-state index contributed by atoms with van der Waals surface area (Å²) in [5, 5.41) is 1.21. The Morgan fingerprint density at radius 2 is 2.00 bits per heavy atom. The van der Waals surface area contributed by atoms with E-state index in [9.17, 15) is 4.79 Å². The fourth-order valence-electron chi connectivity index (χ4n) is 4.83. The Morgan fingerprint density at radius 3 is 2.79 bits per heavy atom. The van der Waals surface area contributed by atoms with Crippen LogP contribution in [-0.2, 0) is 28.9 Å². The SMILES string of the molecule is CN(C)C(=O)C1CCCN1c1nc(CN2CCOCC2)nc2sc3c(c12)CCC3. The Bertz CT molecular complexity index is 921. The van der Waals surface area contributed by atoms with Gasteiger partial charge in [0.25, 0.3) is 0 Å². The molecule has 2 fully saturated rings. The van der Waals surface area contributed by atoms with E-state index in [-0.39, 0.29) is 11.9 Å². The van der Waals surface area contributed by atoms with Crippen molar-refractivity contribution in [1.82, 2.24) is 19.8 Å². The van der Waals surface area contributed by atoms with E-state index in [0.29, 0.717) is 0 Å². The molecule has 0 saturated carbocycles. The van der Waals surface area contributed by atoms with Crippen molar-refractivity contribution in [1.29, 1.82) is 0 Å². The first-order valence-corrected chi connectivity index (χ1v) is 11.5. The summed E-state index contributed by atoms with van der Waals surface area (Å²) in [4.78, 5) is 31.8. The average Bonchev–Trinajstić information content (AvgIpc) is 3.43. The summed E-state index contributed by atoms with van der Waals surface area (Å²) in [7, 11) is 3.70. The van der Waals surface area contributed by atoms with Crippen LogP contribution < -0.4 is 4.90 Å². The van der Waals surface area contributed by atoms with Crippen LogP contribution in [0.25, 0.3) is 10.2 Å². The number of aryl methyl sites for hydroxylation is 2. The second-order valence-electron chi connectivity index (χ2n) is 8.47. The number of fused-ring (bicyclic) bond motifs is 3. The van der Waals surface area contributed by atoms with Gasteiger partial charge in [0.15, 0.2) is 0 Å². The molecule has 0 radical (unpaired) electrons. The highest BCUT2D eigenvalue weighted by Crippen LogP contribution is 2.42. The Kier molecular flexibility index (Phi) is 5.17. The van der Waals surface area contributed by atoms with Crippen molar-refractivity contribution in [3.05, 3.63) is 16.3 Å². The first-order chi connectivity index (χ1) is 14.1. The van der Waals surface area contributed by atoms with Gasteiger partial charge in [-0.1, -0.05) is 0 Å². The number of aromatic nitrogens is 2. The number of likely N-dealkylation sites (N-methyl/N-ethyl adjacent to an activating group) is 1. The number of carbonyl (C=O) groups is 1. The van der Waals surface area contributed by atoms with Gasteiger partial charge < -0.3 is 14.5 Å². The number of nitrogens with zero attached hydrogens (tertiary/aromatic N) is 5. The maximum atomic E-state index is 12.9. The molecule has 1 atom stereocenters. The minimum Gasteiger partial charge on any atom is -0.379 e. The molecule has 8 heteroatoms. The third-order valence-electron chi connectivity index (χ3n) is 6.31. The fourth-order valence-corrected chi connectivity index (χ4v) is 6.11. The third kappa shape index (κ3) is 3.51. The summed E-state index contributed by atoms with van der Waals surface area (Å²) in [6.45, 7) is 5.01. The van der Waals surface area contributed by atoms with Gasteiger partial charge in [0.05, 0.1) is 25.1 Å². The molecule has 4 heterocycles. The number of morpholine rings is 1. The maximum absolute atomic E-state index is 12.9. The molecule has 0 aromatic carbocycles. The first kappa shape index (κ1) is 19.2. The number of thiophene rings is 1. The van der Waals surface area contributed by atoms with Crippen LogP contribution in [0.3, 0.4) is 0 Å². The molecule has 0 bridgehead atoms. The molecule has 1 aliphatic carbocycles. The molecule has 2 aromatic heterocycles. The average molecular weight is 416 g/mol. The van der Waals surface area contributed by atoms with Crippen LogP contribution in [-0.4, -0.2) is 78.7 Å². The van der Waals surface area contributed by atoms with Crippen LogP contribution in [0.1, 0.15) is 35.5 Å². The minimum atomic E-state index is -0.115. The van der Waals surface area contributed by atoms with Crippen LogP contribution in [0.2, 0.25) is 0 Å². The lowest BCUT2D eigenvalue weighted by atomic mass is 10.1. The largest absolute Gasteiger partial charge is 0.379 e. The topological polar surface area (TPSA) is 61.8 Å². The normalized spacial score (nSPS) is 22.4. The first-order valence-electron chi connectivity index (χ1n) is 10.7. The van der Waals surface area contributed by atoms with Crippen LogP contribution >= 0.6 is 11.3 Å². The molecule has 0 spiro atoms. The number of anilines is 1. The van der Waals surface area contributed by atoms with E-state index < -0.39 is 0 Å². The quantitative estimate of drug-likeness (QED) is 0.762. The molecule has 5 rings (SSSR count). The molecule has 2 aliphatic heterocycles. The molecule has 1 unspecified atom stereocenters. The molecule has 29 heavy (non-hydrogen) atoms. The number of amides is 1. The van der Waals surface area contributed by atoms with Gasteiger partial charge in [-0.3, -0.25) is 9.69 Å². The van der Waals surface area contributed by atoms with Gasteiger partial charge >= 0.3 is 0 Å². The zero-order valence-electron chi connectivity index (χ0n) is 17.3. The summed E-state index contributed by atoms with van der Waals surface area (Å²) in [5.74, 6) is 2.04. The highest BCUT2D eigenvalue weighted by atomic mass is 32.1. The van der Waals surface area contributed by atoms with Gasteiger partial charge in [-0.05, 0) is 37.7 Å². The van der Waals surface area contributed by atoms with Gasteiger partial charge in [0.1, 0.15) is 22.5 Å². The van der Waals surface area contributed by atoms with Crippen molar-refractivity contribution in [2.75, 3.05) is 51.8 Å². The predicted octanol–water partition coefficient (Wildman–Crippen LogP) is 2.07. The van der Waals surface area contributed by atoms with Crippen LogP contribution in [0, 0.1) is 0 Å². The second-order valence-corrected chi connectivity index (χ2v) is 9.56. The molecular formula is C21H29N5O2S. The lowest BCUT2D eigenvalue weighted by molar-refractivity contribution is -0.129. The predicted molar refractivity (Wildman–Crippen MR) is 115 cm³/mol. The molecule has 1 amide bonds. The van der Waals surface area contributed by atoms with E-state index in [0.717, 1.165) is 81.5 Å². The summed E-state index contributed by atoms with van der Waals surface area (Å²) >= 11 is 1.84. The van der Waals surface area contributed by atoms with Crippen molar-refractivity contribution >= 4 is 33.3 Å². The highest BCUT2D eigenvalue weighted by Gasteiger charge is 2.35. The van der Waals surface area contributed by atoms with Crippen molar-refractivity contribution < 1.29 is 9.53 Å². The molecule has 2 aromatic rings. The van der Waals surface area contributed by atoms with E-state index in [2.05, 4.69) is 9.80 Å². The van der Waals surface area contributed by atoms with Gasteiger partial charge in [-0.15, -0.1) is 11.3 Å². The number of rotatable bonds is 4. The van der Waals surface area contributed by atoms with Crippen LogP contribution in [0.5, 0.6) is 0 Å². The van der Waals surface area contributed by atoms with E-state index in [1.807, 2.05) is 25.4 Å². The summed E-state index contributed by atoms with van der Waals surface area (Å²) in [5.41, 5.74) is 1.43. The van der Waals surface area contributed by atoms with E-state index >= 15 is 0 Å². The lowest BCUT2D eigenvalue weighted by Crippen LogP contribution is -2.43. The summed E-state index contributed by atoms with van der Waals surface area (Å²) in [6, 6.07) is -0.115. The molecule has 7 nitrogen and oxygen atoms in total. The van der Waals surface area contributed by atoms with Crippen molar-refractivity contribution in [2.24, 2.45) is 0 Å². The Hall–Kier alpha value is -1.77. The Morgan fingerprint density at radius 1 is 1.17 bits per heavy atom. The van der Waals surface area contributed by atoms with Gasteiger partial charge in [-0.25, -0.2) is 9.97 Å². The standard InChI is InChI=1S/C21H29N5O2S/c1-24(2)21(27)15-6-4-8-26(15)19-18-14-5-3-7-16(14)29-20(18)23-17(22-19)13-25-9-11-28-12-10-25/h15H,3-13H2,1-2H3. The molecule has 0 N–H and O–H groups in total. The lowest BCUT2D eigenvalue weighted by Gasteiger charge is -2.29. The van der Waals surface area contributed by atoms with E-state index in [1.165, 1.54) is 22.2 Å². The van der Waals surface area contributed by atoms with Crippen molar-refractivity contribution in [2.45, 2.75) is 44.7 Å². The van der Waals surface area contributed by atoms with E-state index in [4.69, 9.17) is 14.7 Å². The number of carbonyl (C=O) groups excluding carboxylic acids is 1. The fraction of sp³-hybridized carbons (Fsp3) is 0.667. The Balaban J connectivity index is 1.57. The monoisotopic (exact) mass is 415 g/mol. The van der Waals surface area contributed by atoms with Crippen molar-refractivity contribution in [3.8, 4) is 0 Å². The highest BCUT2D eigenvalue weighted by molar-refractivity contribution is 7.19. The zero-order valence-corrected chi connectivity index (χ0v) is 18.1. The summed E-state index contributed by atoms with van der Waals surface area (Å²) < 4.78 is 5.49. The van der Waals surface area contributed by atoms with Crippen LogP contribution in [0.15, 0.2) is 0 Å². The number of ether oxygens (including phenoxy) is 1. The van der Waals surface area contributed by atoms with Gasteiger partial charge in [0, 0.05) is 38.6 Å². The third-order valence-corrected chi connectivity index (χ3v) is 7.50. The number of hydrogen-bond donors (Lipinski definition) is 0. The van der Waals surface area contributed by atoms with Crippen molar-refractivity contribution in [3.63, 3.8) is 0 Å². The van der Waals surface area contributed by atoms with Gasteiger partial charge in [0.2, 0.25) is 5.91 Å². The zero-order chi connectivity index (χ0) is 20.0. The molecule has 156 valence electrons. The summed E-state index contributed by atoms with van der Waals surface area (Å²) in [6.07, 6.45) is 5.39. The smallest absolute Gasteiger partial charge is 0.244 e. The molecular weight excluding hydrogens is 386 g/mol. The van der Waals surface area contributed by atoms with Gasteiger partial charge in [-0.2, -0.15) is 0 Å². The van der Waals surface area contributed by atoms with E-state index in [1.54, 1.807) is 4.90 Å².